The van der Waals surface area contributed by atoms with E-state index in [1.165, 1.54) is 16.2 Å². The Morgan fingerprint density at radius 3 is 2.72 bits per heavy atom. The van der Waals surface area contributed by atoms with Crippen LogP contribution in [0.4, 0.5) is 0 Å². The first kappa shape index (κ1) is 19.3. The number of amides is 2. The highest BCUT2D eigenvalue weighted by Crippen LogP contribution is 2.22. The smallest absolute Gasteiger partial charge is 0.243 e. The molecular formula is C16H23N5O2S2. The van der Waals surface area contributed by atoms with Crippen molar-refractivity contribution >= 4 is 35.4 Å². The molecule has 0 bridgehead atoms. The fraction of sp³-hybridized carbons (Fsp3) is 0.500. The van der Waals surface area contributed by atoms with Crippen molar-refractivity contribution in [2.45, 2.75) is 39.8 Å². The third kappa shape index (κ3) is 5.23. The Morgan fingerprint density at radius 1 is 1.44 bits per heavy atom. The van der Waals surface area contributed by atoms with Gasteiger partial charge in [0.25, 0.3) is 0 Å². The molecule has 0 atom stereocenters. The SMILES string of the molecule is CCN(CC(=O)NC(C)(C)C)C(=O)Cn1c(-c2cccs2)n[nH]c1=S. The zero-order valence-electron chi connectivity index (χ0n) is 14.8. The summed E-state index contributed by atoms with van der Waals surface area (Å²) in [6, 6.07) is 3.84. The molecule has 0 spiro atoms. The molecule has 0 aliphatic rings. The second-order valence-electron chi connectivity index (χ2n) is 6.62. The van der Waals surface area contributed by atoms with Gasteiger partial charge in [-0.1, -0.05) is 6.07 Å². The van der Waals surface area contributed by atoms with Crippen LogP contribution in [0.15, 0.2) is 17.5 Å². The number of aromatic nitrogens is 3. The molecule has 2 aromatic heterocycles. The maximum absolute atomic E-state index is 12.7. The van der Waals surface area contributed by atoms with E-state index < -0.39 is 0 Å². The van der Waals surface area contributed by atoms with E-state index >= 15 is 0 Å². The van der Waals surface area contributed by atoms with E-state index in [1.807, 2.05) is 45.2 Å². The van der Waals surface area contributed by atoms with Crippen molar-refractivity contribution in [1.82, 2.24) is 25.0 Å². The number of hydrogen-bond donors (Lipinski definition) is 2. The van der Waals surface area contributed by atoms with Gasteiger partial charge in [-0.2, -0.15) is 5.10 Å². The van der Waals surface area contributed by atoms with Crippen molar-refractivity contribution in [3.63, 3.8) is 0 Å². The van der Waals surface area contributed by atoms with Crippen molar-refractivity contribution in [3.8, 4) is 10.7 Å². The van der Waals surface area contributed by atoms with Crippen LogP contribution >= 0.6 is 23.6 Å². The van der Waals surface area contributed by atoms with Gasteiger partial charge in [0.15, 0.2) is 10.6 Å². The number of carbonyl (C=O) groups is 2. The van der Waals surface area contributed by atoms with Gasteiger partial charge in [-0.25, -0.2) is 0 Å². The Morgan fingerprint density at radius 2 is 2.16 bits per heavy atom. The number of H-pyrrole nitrogens is 1. The number of likely N-dealkylation sites (N-methyl/N-ethyl adjacent to an activating group) is 1. The van der Waals surface area contributed by atoms with Crippen molar-refractivity contribution < 1.29 is 9.59 Å². The summed E-state index contributed by atoms with van der Waals surface area (Å²) in [6.07, 6.45) is 0. The Hall–Kier alpha value is -2.00. The summed E-state index contributed by atoms with van der Waals surface area (Å²) in [7, 11) is 0. The molecular weight excluding hydrogens is 358 g/mol. The Balaban J connectivity index is 2.12. The van der Waals surface area contributed by atoms with Gasteiger partial charge in [0.2, 0.25) is 11.8 Å². The van der Waals surface area contributed by atoms with Crippen LogP contribution in [0.5, 0.6) is 0 Å². The second-order valence-corrected chi connectivity index (χ2v) is 7.96. The van der Waals surface area contributed by atoms with Crippen molar-refractivity contribution in [1.29, 1.82) is 0 Å². The molecule has 0 radical (unpaired) electrons. The lowest BCUT2D eigenvalue weighted by Crippen LogP contribution is -2.47. The van der Waals surface area contributed by atoms with Crippen LogP contribution < -0.4 is 5.32 Å². The minimum Gasteiger partial charge on any atom is -0.350 e. The Labute approximate surface area is 156 Å². The van der Waals surface area contributed by atoms with E-state index in [-0.39, 0.29) is 30.4 Å². The standard InChI is InChI=1S/C16H23N5O2S2/c1-5-20(9-12(22)17-16(2,3)4)13(23)10-21-14(18-19-15(21)24)11-7-6-8-25-11/h6-8H,5,9-10H2,1-4H3,(H,17,22)(H,19,24). The number of thiophene rings is 1. The molecule has 0 aliphatic carbocycles. The highest BCUT2D eigenvalue weighted by molar-refractivity contribution is 7.71. The fourth-order valence-electron chi connectivity index (χ4n) is 2.30. The third-order valence-electron chi connectivity index (χ3n) is 3.38. The van der Waals surface area contributed by atoms with E-state index in [9.17, 15) is 9.59 Å². The molecule has 25 heavy (non-hydrogen) atoms. The normalized spacial score (nSPS) is 11.4. The monoisotopic (exact) mass is 381 g/mol. The van der Waals surface area contributed by atoms with Gasteiger partial charge < -0.3 is 10.2 Å². The molecule has 0 aromatic carbocycles. The van der Waals surface area contributed by atoms with Crippen LogP contribution in [0.25, 0.3) is 10.7 Å². The average Bonchev–Trinajstić information content (AvgIpc) is 3.13. The van der Waals surface area contributed by atoms with E-state index in [0.29, 0.717) is 17.1 Å². The predicted molar refractivity (Wildman–Crippen MR) is 101 cm³/mol. The first-order valence-corrected chi connectivity index (χ1v) is 9.28. The number of aromatic amines is 1. The molecule has 0 saturated carbocycles. The zero-order valence-corrected chi connectivity index (χ0v) is 16.5. The van der Waals surface area contributed by atoms with Crippen LogP contribution in [-0.4, -0.2) is 50.1 Å². The summed E-state index contributed by atoms with van der Waals surface area (Å²) in [4.78, 5) is 27.2. The zero-order chi connectivity index (χ0) is 18.6. The number of hydrogen-bond acceptors (Lipinski definition) is 5. The van der Waals surface area contributed by atoms with Gasteiger partial charge in [-0.15, -0.1) is 11.3 Å². The largest absolute Gasteiger partial charge is 0.350 e. The van der Waals surface area contributed by atoms with Crippen molar-refractivity contribution in [2.75, 3.05) is 13.1 Å². The summed E-state index contributed by atoms with van der Waals surface area (Å²) < 4.78 is 2.04. The van der Waals surface area contributed by atoms with Gasteiger partial charge in [0, 0.05) is 12.1 Å². The van der Waals surface area contributed by atoms with Gasteiger partial charge >= 0.3 is 0 Å². The molecule has 2 N–H and O–H groups in total. The van der Waals surface area contributed by atoms with Gasteiger partial charge in [-0.3, -0.25) is 19.3 Å². The lowest BCUT2D eigenvalue weighted by molar-refractivity contribution is -0.136. The summed E-state index contributed by atoms with van der Waals surface area (Å²) in [5, 5.41) is 11.7. The maximum Gasteiger partial charge on any atom is 0.243 e. The molecule has 2 heterocycles. The molecule has 0 unspecified atom stereocenters. The minimum atomic E-state index is -0.334. The molecule has 2 rings (SSSR count). The maximum atomic E-state index is 12.7. The quantitative estimate of drug-likeness (QED) is 0.753. The number of nitrogens with zero attached hydrogens (tertiary/aromatic N) is 3. The lowest BCUT2D eigenvalue weighted by Gasteiger charge is -2.25. The summed E-state index contributed by atoms with van der Waals surface area (Å²) in [5.74, 6) is 0.266. The van der Waals surface area contributed by atoms with Crippen molar-refractivity contribution in [2.24, 2.45) is 0 Å². The lowest BCUT2D eigenvalue weighted by atomic mass is 10.1. The Kier molecular flexibility index (Phi) is 6.12. The topological polar surface area (TPSA) is 83.0 Å². The molecule has 7 nitrogen and oxygen atoms in total. The molecule has 9 heteroatoms. The number of rotatable bonds is 6. The van der Waals surface area contributed by atoms with Crippen molar-refractivity contribution in [3.05, 3.63) is 22.3 Å². The fourth-order valence-corrected chi connectivity index (χ4v) is 3.22. The van der Waals surface area contributed by atoms with Crippen LogP contribution in [-0.2, 0) is 16.1 Å². The first-order chi connectivity index (χ1) is 11.7. The Bertz CT molecular complexity index is 786. The molecule has 2 aromatic rings. The molecule has 0 saturated heterocycles. The van der Waals surface area contributed by atoms with E-state index in [4.69, 9.17) is 12.2 Å². The molecule has 0 fully saturated rings. The summed E-state index contributed by atoms with van der Waals surface area (Å²) in [6.45, 7) is 8.06. The second kappa shape index (κ2) is 7.92. The number of nitrogens with one attached hydrogen (secondary N) is 2. The van der Waals surface area contributed by atoms with Crippen LogP contribution in [0.1, 0.15) is 27.7 Å². The molecule has 2 amide bonds. The van der Waals surface area contributed by atoms with E-state index in [2.05, 4.69) is 15.5 Å². The molecule has 136 valence electrons. The minimum absolute atomic E-state index is 0.0200. The number of carbonyl (C=O) groups excluding carboxylic acids is 2. The first-order valence-electron chi connectivity index (χ1n) is 7.99. The van der Waals surface area contributed by atoms with E-state index in [1.54, 1.807) is 4.57 Å². The van der Waals surface area contributed by atoms with Crippen LogP contribution in [0, 0.1) is 4.77 Å². The van der Waals surface area contributed by atoms with Gasteiger partial charge in [0.1, 0.15) is 6.54 Å². The highest BCUT2D eigenvalue weighted by Gasteiger charge is 2.21. The van der Waals surface area contributed by atoms with E-state index in [0.717, 1.165) is 4.88 Å². The average molecular weight is 382 g/mol. The highest BCUT2D eigenvalue weighted by atomic mass is 32.1. The predicted octanol–water partition coefficient (Wildman–Crippen LogP) is 2.43. The van der Waals surface area contributed by atoms with Crippen LogP contribution in [0.2, 0.25) is 0 Å². The summed E-state index contributed by atoms with van der Waals surface area (Å²) in [5.41, 5.74) is -0.334. The van der Waals surface area contributed by atoms with Gasteiger partial charge in [-0.05, 0) is 51.4 Å². The molecule has 0 aliphatic heterocycles. The third-order valence-corrected chi connectivity index (χ3v) is 4.55. The van der Waals surface area contributed by atoms with Crippen LogP contribution in [0.3, 0.4) is 0 Å². The van der Waals surface area contributed by atoms with Gasteiger partial charge in [0.05, 0.1) is 11.4 Å². The summed E-state index contributed by atoms with van der Waals surface area (Å²) >= 11 is 6.77.